The fourth-order valence-corrected chi connectivity index (χ4v) is 4.40. The quantitative estimate of drug-likeness (QED) is 0.210. The van der Waals surface area contributed by atoms with E-state index in [0.717, 1.165) is 21.9 Å². The molecule has 0 N–H and O–H groups in total. The Morgan fingerprint density at radius 3 is 1.29 bits per heavy atom. The molecule has 1 aliphatic rings. The number of benzene rings is 4. The van der Waals surface area contributed by atoms with Crippen LogP contribution in [0.5, 0.6) is 46.8 Å². The summed E-state index contributed by atoms with van der Waals surface area (Å²) in [5.74, 6) is 2.83. The smallest absolute Gasteiger partial charge is 0.325 e. The van der Waals surface area contributed by atoms with Gasteiger partial charge in [-0.1, -0.05) is 24.3 Å². The summed E-state index contributed by atoms with van der Waals surface area (Å²) in [6.45, 7) is 3.91. The Kier molecular flexibility index (Phi) is 5.04. The molecule has 8 bridgehead atoms. The molecule has 6 aromatic rings. The summed E-state index contributed by atoms with van der Waals surface area (Å²) in [7, 11) is 0. The minimum Gasteiger partial charge on any atom is -0.438 e. The highest BCUT2D eigenvalue weighted by molar-refractivity contribution is 5.85. The van der Waals surface area contributed by atoms with Crippen LogP contribution in [0.3, 0.4) is 0 Å². The van der Waals surface area contributed by atoms with Crippen LogP contribution in [-0.2, 0) is 0 Å². The lowest BCUT2D eigenvalue weighted by molar-refractivity contribution is 0.399. The van der Waals surface area contributed by atoms with E-state index in [-0.39, 0.29) is 12.0 Å². The molecular weight excluding hydrogens is 480 g/mol. The average Bonchev–Trinajstić information content (AvgIpc) is 2.87. The minimum atomic E-state index is 0.154. The molecule has 2 aromatic heterocycles. The first-order chi connectivity index (χ1) is 18.6. The second-order valence-electron chi connectivity index (χ2n) is 9.03. The fraction of sp³-hybridized carbons (Fsp3) is 0.0667. The zero-order valence-electron chi connectivity index (χ0n) is 20.5. The summed E-state index contributed by atoms with van der Waals surface area (Å²) in [5, 5.41) is 1.50. The first-order valence-corrected chi connectivity index (χ1v) is 12.0. The monoisotopic (exact) mass is 500 g/mol. The van der Waals surface area contributed by atoms with Gasteiger partial charge in [0.2, 0.25) is 11.8 Å². The predicted molar refractivity (Wildman–Crippen MR) is 142 cm³/mol. The number of nitrogens with zero attached hydrogens (tertiary/aromatic N) is 4. The third-order valence-corrected chi connectivity index (χ3v) is 5.99. The van der Waals surface area contributed by atoms with Crippen molar-refractivity contribution in [3.63, 3.8) is 0 Å². The molecule has 4 aromatic carbocycles. The lowest BCUT2D eigenvalue weighted by atomic mass is 10.2. The zero-order chi connectivity index (χ0) is 25.6. The van der Waals surface area contributed by atoms with Gasteiger partial charge < -0.3 is 18.9 Å². The van der Waals surface area contributed by atoms with Crippen molar-refractivity contribution in [1.29, 1.82) is 0 Å². The van der Waals surface area contributed by atoms with Crippen molar-refractivity contribution in [3.05, 3.63) is 96.1 Å². The van der Waals surface area contributed by atoms with Crippen LogP contribution >= 0.6 is 0 Å². The van der Waals surface area contributed by atoms with Crippen molar-refractivity contribution < 1.29 is 18.9 Å². The molecular formula is C30H20N4O4. The molecule has 0 fully saturated rings. The number of rotatable bonds is 0. The first-order valence-electron chi connectivity index (χ1n) is 12.0. The molecule has 0 unspecified atom stereocenters. The Labute approximate surface area is 217 Å². The van der Waals surface area contributed by atoms with Crippen molar-refractivity contribution in [2.24, 2.45) is 0 Å². The van der Waals surface area contributed by atoms with E-state index in [0.29, 0.717) is 45.8 Å². The normalized spacial score (nSPS) is 12.3. The van der Waals surface area contributed by atoms with Crippen molar-refractivity contribution >= 4 is 21.8 Å². The van der Waals surface area contributed by atoms with Gasteiger partial charge >= 0.3 is 12.0 Å². The lowest BCUT2D eigenvalue weighted by Crippen LogP contribution is -2.00. The summed E-state index contributed by atoms with van der Waals surface area (Å²) in [6, 6.07) is 26.6. The molecule has 0 radical (unpaired) electrons. The topological polar surface area (TPSA) is 88.5 Å². The maximum atomic E-state index is 6.28. The molecule has 0 amide bonds. The van der Waals surface area contributed by atoms with Crippen LogP contribution < -0.4 is 18.9 Å². The summed E-state index contributed by atoms with van der Waals surface area (Å²) in [6.07, 6.45) is 0. The zero-order valence-corrected chi connectivity index (χ0v) is 20.5. The first kappa shape index (κ1) is 22.0. The van der Waals surface area contributed by atoms with E-state index in [1.807, 2.05) is 86.6 Å². The average molecular weight is 501 g/mol. The van der Waals surface area contributed by atoms with Gasteiger partial charge in [0.1, 0.15) is 23.0 Å². The number of fused-ring (bicyclic) bond motifs is 12. The second-order valence-corrected chi connectivity index (χ2v) is 9.03. The molecule has 7 rings (SSSR count). The van der Waals surface area contributed by atoms with Crippen molar-refractivity contribution in [1.82, 2.24) is 19.9 Å². The van der Waals surface area contributed by atoms with E-state index >= 15 is 0 Å². The second kappa shape index (κ2) is 8.70. The van der Waals surface area contributed by atoms with Gasteiger partial charge in [-0.05, 0) is 73.5 Å². The van der Waals surface area contributed by atoms with E-state index in [1.54, 1.807) is 12.1 Å². The van der Waals surface area contributed by atoms with Gasteiger partial charge in [-0.25, -0.2) is 0 Å². The van der Waals surface area contributed by atoms with E-state index in [4.69, 9.17) is 18.9 Å². The molecule has 8 nitrogen and oxygen atoms in total. The van der Waals surface area contributed by atoms with Gasteiger partial charge in [0.05, 0.1) is 21.8 Å². The number of ether oxygens (including phenoxy) is 4. The Bertz CT molecular complexity index is 1740. The molecule has 0 saturated heterocycles. The molecule has 0 spiro atoms. The Balaban J connectivity index is 1.46. The maximum absolute atomic E-state index is 6.28. The van der Waals surface area contributed by atoms with Crippen LogP contribution in [0.1, 0.15) is 11.1 Å². The number of hydrogen-bond donors (Lipinski definition) is 0. The maximum Gasteiger partial charge on any atom is 0.325 e. The number of para-hydroxylation sites is 2. The molecule has 0 saturated carbocycles. The van der Waals surface area contributed by atoms with E-state index in [9.17, 15) is 0 Å². The molecule has 0 aliphatic carbocycles. The highest BCUT2D eigenvalue weighted by atomic mass is 16.5. The fourth-order valence-electron chi connectivity index (χ4n) is 4.40. The standard InChI is InChI=1S/C30H20N4O4/c1-17-11-19-15-21(13-17)37-29-31-26-10-6-4-8-24(26)28(34-29)36-20-12-18(2)14-22(16-20)38-30-32-25-9-5-3-7-23(25)27(33-30)35-19/h3-16H,1-2H3. The minimum absolute atomic E-state index is 0.154. The van der Waals surface area contributed by atoms with Gasteiger partial charge in [-0.3, -0.25) is 0 Å². The van der Waals surface area contributed by atoms with E-state index in [1.165, 1.54) is 0 Å². The van der Waals surface area contributed by atoms with Crippen molar-refractivity contribution in [2.75, 3.05) is 0 Å². The summed E-state index contributed by atoms with van der Waals surface area (Å²) < 4.78 is 24.8. The van der Waals surface area contributed by atoms with Crippen LogP contribution in [0.15, 0.2) is 84.9 Å². The van der Waals surface area contributed by atoms with Gasteiger partial charge in [-0.2, -0.15) is 19.9 Å². The highest BCUT2D eigenvalue weighted by Crippen LogP contribution is 2.37. The van der Waals surface area contributed by atoms with Crippen LogP contribution in [0.4, 0.5) is 0 Å². The van der Waals surface area contributed by atoms with Gasteiger partial charge in [0.25, 0.3) is 0 Å². The van der Waals surface area contributed by atoms with Gasteiger partial charge in [0.15, 0.2) is 0 Å². The van der Waals surface area contributed by atoms with Crippen LogP contribution in [0.25, 0.3) is 21.8 Å². The van der Waals surface area contributed by atoms with Crippen LogP contribution in [0.2, 0.25) is 0 Å². The molecule has 0 atom stereocenters. The molecule has 8 heteroatoms. The predicted octanol–water partition coefficient (Wildman–Crippen LogP) is 7.67. The number of aryl methyl sites for hydroxylation is 2. The van der Waals surface area contributed by atoms with E-state index in [2.05, 4.69) is 19.9 Å². The number of aromatic nitrogens is 4. The Morgan fingerprint density at radius 1 is 0.447 bits per heavy atom. The molecule has 3 heterocycles. The highest BCUT2D eigenvalue weighted by Gasteiger charge is 2.17. The van der Waals surface area contributed by atoms with E-state index < -0.39 is 0 Å². The van der Waals surface area contributed by atoms with Gasteiger partial charge in [-0.15, -0.1) is 0 Å². The van der Waals surface area contributed by atoms with Crippen LogP contribution in [0, 0.1) is 13.8 Å². The largest absolute Gasteiger partial charge is 0.438 e. The summed E-state index contributed by atoms with van der Waals surface area (Å²) in [4.78, 5) is 18.4. The lowest BCUT2D eigenvalue weighted by Gasteiger charge is -2.15. The summed E-state index contributed by atoms with van der Waals surface area (Å²) >= 11 is 0. The van der Waals surface area contributed by atoms with Crippen molar-refractivity contribution in [2.45, 2.75) is 13.8 Å². The SMILES string of the molecule is Cc1cc2cc(c1)Oc1nc(nc3ccccc13)Oc1cc(C)cc(c1)Oc1nc(nc3ccccc13)O2. The third-order valence-electron chi connectivity index (χ3n) is 5.99. The van der Waals surface area contributed by atoms with Crippen LogP contribution in [-0.4, -0.2) is 19.9 Å². The van der Waals surface area contributed by atoms with Crippen molar-refractivity contribution in [3.8, 4) is 46.8 Å². The van der Waals surface area contributed by atoms with Gasteiger partial charge in [0, 0.05) is 12.1 Å². The molecule has 1 aliphatic heterocycles. The Morgan fingerprint density at radius 2 is 0.842 bits per heavy atom. The molecule has 184 valence electrons. The number of hydrogen-bond acceptors (Lipinski definition) is 8. The third kappa shape index (κ3) is 4.18. The Hall–Kier alpha value is -5.24. The summed E-state index contributed by atoms with van der Waals surface area (Å²) in [5.41, 5.74) is 3.24. The molecule has 38 heavy (non-hydrogen) atoms.